The SMILES string of the molecule is O=C(NC[C@@H]1C[C@@H]2CN(C(=O)O)C[C@@H]2C1)OCc1cscn1. The Balaban J connectivity index is 1.35. The van der Waals surface area contributed by atoms with Gasteiger partial charge in [-0.1, -0.05) is 0 Å². The molecule has 0 unspecified atom stereocenters. The van der Waals surface area contributed by atoms with Crippen molar-refractivity contribution in [2.24, 2.45) is 17.8 Å². The molecule has 2 N–H and O–H groups in total. The number of hydrogen-bond acceptors (Lipinski definition) is 5. The van der Waals surface area contributed by atoms with Crippen LogP contribution in [-0.4, -0.2) is 46.8 Å². The second kappa shape index (κ2) is 6.51. The Bertz CT molecular complexity index is 522. The van der Waals surface area contributed by atoms with Crippen LogP contribution in [0.3, 0.4) is 0 Å². The zero-order chi connectivity index (χ0) is 15.5. The van der Waals surface area contributed by atoms with E-state index >= 15 is 0 Å². The summed E-state index contributed by atoms with van der Waals surface area (Å²) in [6, 6.07) is 0. The molecule has 1 saturated heterocycles. The third-order valence-corrected chi connectivity index (χ3v) is 5.12. The highest BCUT2D eigenvalue weighted by Crippen LogP contribution is 2.41. The number of likely N-dealkylation sites (tertiary alicyclic amines) is 1. The first-order valence-electron chi connectivity index (χ1n) is 7.37. The molecule has 2 aliphatic rings. The molecule has 3 rings (SSSR count). The van der Waals surface area contributed by atoms with Crippen molar-refractivity contribution >= 4 is 23.5 Å². The monoisotopic (exact) mass is 325 g/mol. The van der Waals surface area contributed by atoms with E-state index in [9.17, 15) is 9.59 Å². The molecule has 1 aliphatic carbocycles. The number of nitrogens with one attached hydrogen (secondary N) is 1. The van der Waals surface area contributed by atoms with Crippen molar-refractivity contribution in [3.8, 4) is 0 Å². The molecule has 0 aromatic carbocycles. The third kappa shape index (κ3) is 3.49. The topological polar surface area (TPSA) is 91.8 Å². The molecule has 1 aromatic rings. The zero-order valence-corrected chi connectivity index (χ0v) is 12.9. The Kier molecular flexibility index (Phi) is 4.47. The lowest BCUT2D eigenvalue weighted by Crippen LogP contribution is -2.31. The molecule has 2 amide bonds. The first-order chi connectivity index (χ1) is 10.6. The van der Waals surface area contributed by atoms with Gasteiger partial charge in [0.1, 0.15) is 6.61 Å². The van der Waals surface area contributed by atoms with Gasteiger partial charge < -0.3 is 20.1 Å². The highest BCUT2D eigenvalue weighted by atomic mass is 32.1. The van der Waals surface area contributed by atoms with E-state index in [1.165, 1.54) is 16.2 Å². The van der Waals surface area contributed by atoms with Crippen LogP contribution in [-0.2, 0) is 11.3 Å². The van der Waals surface area contributed by atoms with Crippen molar-refractivity contribution in [1.29, 1.82) is 0 Å². The van der Waals surface area contributed by atoms with Crippen molar-refractivity contribution in [2.45, 2.75) is 19.4 Å². The van der Waals surface area contributed by atoms with E-state index in [0.717, 1.165) is 18.5 Å². The van der Waals surface area contributed by atoms with Crippen molar-refractivity contribution in [2.75, 3.05) is 19.6 Å². The molecule has 1 saturated carbocycles. The van der Waals surface area contributed by atoms with E-state index in [-0.39, 0.29) is 6.61 Å². The van der Waals surface area contributed by atoms with Gasteiger partial charge in [0.2, 0.25) is 0 Å². The average Bonchev–Trinajstić information content (AvgIpc) is 3.17. The maximum Gasteiger partial charge on any atom is 0.407 e. The Hall–Kier alpha value is -1.83. The number of thiazole rings is 1. The first-order valence-corrected chi connectivity index (χ1v) is 8.31. The van der Waals surface area contributed by atoms with Crippen molar-refractivity contribution in [3.63, 3.8) is 0 Å². The normalized spacial score (nSPS) is 26.7. The molecule has 8 heteroatoms. The predicted octanol–water partition coefficient (Wildman–Crippen LogP) is 2.01. The number of fused-ring (bicyclic) bond motifs is 1. The van der Waals surface area contributed by atoms with E-state index in [2.05, 4.69) is 10.3 Å². The van der Waals surface area contributed by atoms with Gasteiger partial charge in [0.05, 0.1) is 11.2 Å². The number of carboxylic acid groups (broad SMARTS) is 1. The molecular formula is C14H19N3O4S. The fourth-order valence-electron chi connectivity index (χ4n) is 3.48. The van der Waals surface area contributed by atoms with Gasteiger partial charge in [-0.15, -0.1) is 11.3 Å². The summed E-state index contributed by atoms with van der Waals surface area (Å²) in [5.74, 6) is 1.29. The summed E-state index contributed by atoms with van der Waals surface area (Å²) >= 11 is 1.47. The van der Waals surface area contributed by atoms with Crippen LogP contribution in [0.15, 0.2) is 10.9 Å². The Morgan fingerprint density at radius 1 is 1.41 bits per heavy atom. The molecule has 2 fully saturated rings. The van der Waals surface area contributed by atoms with Crippen LogP contribution in [0.4, 0.5) is 9.59 Å². The van der Waals surface area contributed by atoms with Gasteiger partial charge in [-0.05, 0) is 30.6 Å². The molecule has 0 radical (unpaired) electrons. The van der Waals surface area contributed by atoms with Gasteiger partial charge in [0, 0.05) is 25.0 Å². The summed E-state index contributed by atoms with van der Waals surface area (Å²) < 4.78 is 5.10. The van der Waals surface area contributed by atoms with E-state index in [1.54, 1.807) is 5.51 Å². The summed E-state index contributed by atoms with van der Waals surface area (Å²) in [4.78, 5) is 28.1. The maximum absolute atomic E-state index is 11.6. The highest BCUT2D eigenvalue weighted by molar-refractivity contribution is 7.07. The number of carbonyl (C=O) groups excluding carboxylic acids is 1. The lowest BCUT2D eigenvalue weighted by molar-refractivity contribution is 0.136. The minimum Gasteiger partial charge on any atom is -0.465 e. The van der Waals surface area contributed by atoms with E-state index < -0.39 is 12.2 Å². The van der Waals surface area contributed by atoms with Gasteiger partial charge in [-0.2, -0.15) is 0 Å². The van der Waals surface area contributed by atoms with Crippen LogP contribution >= 0.6 is 11.3 Å². The van der Waals surface area contributed by atoms with Crippen LogP contribution in [0.1, 0.15) is 18.5 Å². The molecule has 1 aromatic heterocycles. The number of ether oxygens (including phenoxy) is 1. The lowest BCUT2D eigenvalue weighted by Gasteiger charge is -2.16. The van der Waals surface area contributed by atoms with Crippen molar-refractivity contribution in [1.82, 2.24) is 15.2 Å². The summed E-state index contributed by atoms with van der Waals surface area (Å²) in [5, 5.41) is 13.6. The number of hydrogen-bond donors (Lipinski definition) is 2. The number of alkyl carbamates (subject to hydrolysis) is 1. The smallest absolute Gasteiger partial charge is 0.407 e. The standard InChI is InChI=1S/C14H19N3O4S/c18-13(21-6-12-7-22-8-16-12)15-3-9-1-10-4-17(14(19)20)5-11(10)2-9/h7-11H,1-6H2,(H,15,18)(H,19,20)/t9-,10-,11+. The fourth-order valence-corrected chi connectivity index (χ4v) is 4.02. The van der Waals surface area contributed by atoms with Gasteiger partial charge in [0.15, 0.2) is 0 Å². The van der Waals surface area contributed by atoms with Gasteiger partial charge in [-0.25, -0.2) is 14.6 Å². The van der Waals surface area contributed by atoms with Crippen LogP contribution in [0.5, 0.6) is 0 Å². The number of aromatic nitrogens is 1. The molecule has 7 nitrogen and oxygen atoms in total. The Labute approximate surface area is 132 Å². The number of carbonyl (C=O) groups is 2. The van der Waals surface area contributed by atoms with Gasteiger partial charge in [-0.3, -0.25) is 0 Å². The molecule has 1 aliphatic heterocycles. The maximum atomic E-state index is 11.6. The zero-order valence-electron chi connectivity index (χ0n) is 12.1. The molecule has 2 heterocycles. The second-order valence-corrected chi connectivity index (χ2v) is 6.70. The summed E-state index contributed by atoms with van der Waals surface area (Å²) in [5.41, 5.74) is 2.46. The molecule has 120 valence electrons. The fraction of sp³-hybridized carbons (Fsp3) is 0.643. The number of amides is 2. The third-order valence-electron chi connectivity index (χ3n) is 4.49. The average molecular weight is 325 g/mol. The van der Waals surface area contributed by atoms with Crippen LogP contribution in [0.2, 0.25) is 0 Å². The first kappa shape index (κ1) is 15.1. The second-order valence-electron chi connectivity index (χ2n) is 5.98. The Morgan fingerprint density at radius 3 is 2.73 bits per heavy atom. The molecular weight excluding hydrogens is 306 g/mol. The molecule has 22 heavy (non-hydrogen) atoms. The van der Waals surface area contributed by atoms with Gasteiger partial charge in [0.25, 0.3) is 0 Å². The summed E-state index contributed by atoms with van der Waals surface area (Å²) in [7, 11) is 0. The quantitative estimate of drug-likeness (QED) is 0.883. The molecule has 3 atom stereocenters. The minimum atomic E-state index is -0.824. The van der Waals surface area contributed by atoms with Crippen LogP contribution in [0, 0.1) is 17.8 Å². The van der Waals surface area contributed by atoms with Crippen molar-refractivity contribution < 1.29 is 19.4 Å². The number of rotatable bonds is 4. The van der Waals surface area contributed by atoms with E-state index in [1.807, 2.05) is 5.38 Å². The predicted molar refractivity (Wildman–Crippen MR) is 79.6 cm³/mol. The summed E-state index contributed by atoms with van der Waals surface area (Å²) in [6.45, 7) is 2.05. The van der Waals surface area contributed by atoms with E-state index in [4.69, 9.17) is 9.84 Å². The summed E-state index contributed by atoms with van der Waals surface area (Å²) in [6.07, 6.45) is 0.702. The number of nitrogens with zero attached hydrogens (tertiary/aromatic N) is 2. The van der Waals surface area contributed by atoms with Gasteiger partial charge >= 0.3 is 12.2 Å². The minimum absolute atomic E-state index is 0.193. The van der Waals surface area contributed by atoms with Crippen LogP contribution < -0.4 is 5.32 Å². The highest BCUT2D eigenvalue weighted by Gasteiger charge is 2.42. The van der Waals surface area contributed by atoms with Crippen LogP contribution in [0.25, 0.3) is 0 Å². The lowest BCUT2D eigenvalue weighted by atomic mass is 10.0. The van der Waals surface area contributed by atoms with E-state index in [0.29, 0.717) is 37.4 Å². The Morgan fingerprint density at radius 2 is 2.14 bits per heavy atom. The molecule has 0 spiro atoms. The van der Waals surface area contributed by atoms with Crippen molar-refractivity contribution in [3.05, 3.63) is 16.6 Å². The largest absolute Gasteiger partial charge is 0.465 e. The molecule has 0 bridgehead atoms.